The monoisotopic (exact) mass is 353 g/mol. The topological polar surface area (TPSA) is 47.0 Å². The predicted molar refractivity (Wildman–Crippen MR) is 87.9 cm³/mol. The third kappa shape index (κ3) is 3.39. The number of aromatic nitrogens is 2. The first-order valence-corrected chi connectivity index (χ1v) is 8.97. The van der Waals surface area contributed by atoms with E-state index in [1.807, 2.05) is 0 Å². The molecule has 2 aliphatic rings. The summed E-state index contributed by atoms with van der Waals surface area (Å²) in [5.41, 5.74) is 1.22. The molecule has 0 atom stereocenters. The molecule has 5 heteroatoms. The number of halogens is 1. The van der Waals surface area contributed by atoms with Crippen LogP contribution in [0.2, 0.25) is 0 Å². The Kier molecular flexibility index (Phi) is 5.11. The van der Waals surface area contributed by atoms with Crippen molar-refractivity contribution in [2.75, 3.05) is 25.1 Å². The van der Waals surface area contributed by atoms with Gasteiger partial charge in [-0.25, -0.2) is 9.97 Å². The van der Waals surface area contributed by atoms with E-state index in [9.17, 15) is 0 Å². The fourth-order valence-electron chi connectivity index (χ4n) is 3.38. The van der Waals surface area contributed by atoms with Crippen molar-refractivity contribution < 1.29 is 4.74 Å². The zero-order chi connectivity index (χ0) is 14.7. The van der Waals surface area contributed by atoms with Crippen LogP contribution in [0.25, 0.3) is 0 Å². The van der Waals surface area contributed by atoms with Crippen molar-refractivity contribution in [3.8, 4) is 0 Å². The van der Waals surface area contributed by atoms with Crippen LogP contribution in [0, 0.1) is 0 Å². The molecule has 3 rings (SSSR count). The van der Waals surface area contributed by atoms with E-state index in [1.165, 1.54) is 31.4 Å². The maximum absolute atomic E-state index is 5.47. The third-order valence-corrected chi connectivity index (χ3v) is 5.35. The minimum atomic E-state index is 0.449. The lowest BCUT2D eigenvalue weighted by molar-refractivity contribution is 0.0835. The second-order valence-electron chi connectivity index (χ2n) is 6.03. The molecule has 1 saturated heterocycles. The zero-order valence-corrected chi connectivity index (χ0v) is 14.3. The number of anilines is 1. The summed E-state index contributed by atoms with van der Waals surface area (Å²) in [6.45, 7) is 4.66. The van der Waals surface area contributed by atoms with E-state index < -0.39 is 0 Å². The average molecular weight is 354 g/mol. The highest BCUT2D eigenvalue weighted by atomic mass is 79.9. The Hall–Kier alpha value is -0.680. The standard InChI is InChI=1S/C16H24BrN3O/c1-2-18-16-13(17)14(11-5-3-4-6-11)19-15(20-16)12-7-9-21-10-8-12/h11-12H,2-10H2,1H3,(H,18,19,20). The largest absolute Gasteiger partial charge is 0.381 e. The second-order valence-corrected chi connectivity index (χ2v) is 6.82. The van der Waals surface area contributed by atoms with E-state index in [1.54, 1.807) is 0 Å². The molecule has 1 aromatic heterocycles. The van der Waals surface area contributed by atoms with Crippen LogP contribution < -0.4 is 5.32 Å². The van der Waals surface area contributed by atoms with Gasteiger partial charge in [0.25, 0.3) is 0 Å². The van der Waals surface area contributed by atoms with Crippen molar-refractivity contribution in [1.29, 1.82) is 0 Å². The Balaban J connectivity index is 1.94. The lowest BCUT2D eigenvalue weighted by atomic mass is 9.98. The number of nitrogens with one attached hydrogen (secondary N) is 1. The second kappa shape index (κ2) is 7.05. The highest BCUT2D eigenvalue weighted by molar-refractivity contribution is 9.10. The molecule has 0 aromatic carbocycles. The fraction of sp³-hybridized carbons (Fsp3) is 0.750. The normalized spacial score (nSPS) is 20.9. The first-order chi connectivity index (χ1) is 10.3. The zero-order valence-electron chi connectivity index (χ0n) is 12.7. The molecule has 2 fully saturated rings. The van der Waals surface area contributed by atoms with Gasteiger partial charge >= 0.3 is 0 Å². The highest BCUT2D eigenvalue weighted by Crippen LogP contribution is 2.40. The number of hydrogen-bond donors (Lipinski definition) is 1. The summed E-state index contributed by atoms with van der Waals surface area (Å²) in [6.07, 6.45) is 7.24. The minimum absolute atomic E-state index is 0.449. The summed E-state index contributed by atoms with van der Waals surface area (Å²) in [7, 11) is 0. The fourth-order valence-corrected chi connectivity index (χ4v) is 4.02. The molecular formula is C16H24BrN3O. The van der Waals surface area contributed by atoms with Crippen molar-refractivity contribution in [2.24, 2.45) is 0 Å². The van der Waals surface area contributed by atoms with E-state index in [-0.39, 0.29) is 0 Å². The van der Waals surface area contributed by atoms with Crippen molar-refractivity contribution in [1.82, 2.24) is 9.97 Å². The van der Waals surface area contributed by atoms with E-state index in [0.717, 1.165) is 48.7 Å². The van der Waals surface area contributed by atoms with Gasteiger partial charge in [0.1, 0.15) is 11.6 Å². The van der Waals surface area contributed by atoms with Gasteiger partial charge in [0.05, 0.1) is 10.2 Å². The molecule has 0 unspecified atom stereocenters. The molecule has 0 spiro atoms. The number of rotatable bonds is 4. The summed E-state index contributed by atoms with van der Waals surface area (Å²) >= 11 is 3.74. The number of hydrogen-bond acceptors (Lipinski definition) is 4. The lowest BCUT2D eigenvalue weighted by Crippen LogP contribution is -2.19. The number of nitrogens with zero attached hydrogens (tertiary/aromatic N) is 2. The molecule has 116 valence electrons. The van der Waals surface area contributed by atoms with Gasteiger partial charge in [-0.15, -0.1) is 0 Å². The first-order valence-electron chi connectivity index (χ1n) is 8.18. The molecule has 1 saturated carbocycles. The molecule has 0 radical (unpaired) electrons. The van der Waals surface area contributed by atoms with E-state index in [2.05, 4.69) is 28.2 Å². The van der Waals surface area contributed by atoms with Crippen LogP contribution in [0.4, 0.5) is 5.82 Å². The molecule has 1 N–H and O–H groups in total. The van der Waals surface area contributed by atoms with Gasteiger partial charge < -0.3 is 10.1 Å². The van der Waals surface area contributed by atoms with E-state index >= 15 is 0 Å². The van der Waals surface area contributed by atoms with Gasteiger partial charge in [0, 0.05) is 31.6 Å². The quantitative estimate of drug-likeness (QED) is 0.879. The Labute approximate surface area is 135 Å². The number of ether oxygens (including phenoxy) is 1. The Morgan fingerprint density at radius 3 is 2.48 bits per heavy atom. The van der Waals surface area contributed by atoms with Gasteiger partial charge in [0.15, 0.2) is 0 Å². The summed E-state index contributed by atoms with van der Waals surface area (Å²) in [5, 5.41) is 3.39. The lowest BCUT2D eigenvalue weighted by Gasteiger charge is -2.23. The Morgan fingerprint density at radius 2 is 1.81 bits per heavy atom. The third-order valence-electron chi connectivity index (χ3n) is 4.57. The van der Waals surface area contributed by atoms with Crippen LogP contribution in [0.5, 0.6) is 0 Å². The van der Waals surface area contributed by atoms with Crippen LogP contribution in [0.1, 0.15) is 68.8 Å². The van der Waals surface area contributed by atoms with Crippen LogP contribution >= 0.6 is 15.9 Å². The van der Waals surface area contributed by atoms with Gasteiger partial charge in [0.2, 0.25) is 0 Å². The van der Waals surface area contributed by atoms with Crippen LogP contribution in [0.15, 0.2) is 4.47 Å². The van der Waals surface area contributed by atoms with Gasteiger partial charge in [-0.2, -0.15) is 0 Å². The molecule has 1 aliphatic heterocycles. The average Bonchev–Trinajstić information content (AvgIpc) is 3.04. The van der Waals surface area contributed by atoms with Crippen LogP contribution in [-0.2, 0) is 4.74 Å². The molecule has 2 heterocycles. The molecule has 4 nitrogen and oxygen atoms in total. The van der Waals surface area contributed by atoms with Gasteiger partial charge in [-0.05, 0) is 48.5 Å². The molecule has 0 bridgehead atoms. The summed E-state index contributed by atoms with van der Waals surface area (Å²) < 4.78 is 6.55. The molecule has 0 amide bonds. The van der Waals surface area contributed by atoms with E-state index in [0.29, 0.717) is 11.8 Å². The summed E-state index contributed by atoms with van der Waals surface area (Å²) in [4.78, 5) is 9.76. The predicted octanol–water partition coefficient (Wildman–Crippen LogP) is 4.22. The first kappa shape index (κ1) is 15.2. The van der Waals surface area contributed by atoms with Crippen molar-refractivity contribution in [3.63, 3.8) is 0 Å². The van der Waals surface area contributed by atoms with Crippen molar-refractivity contribution in [2.45, 2.75) is 57.3 Å². The molecular weight excluding hydrogens is 330 g/mol. The maximum atomic E-state index is 5.47. The molecule has 21 heavy (non-hydrogen) atoms. The summed E-state index contributed by atoms with van der Waals surface area (Å²) in [6, 6.07) is 0. The van der Waals surface area contributed by atoms with Crippen molar-refractivity contribution >= 4 is 21.7 Å². The highest BCUT2D eigenvalue weighted by Gasteiger charge is 2.26. The van der Waals surface area contributed by atoms with Crippen LogP contribution in [-0.4, -0.2) is 29.7 Å². The van der Waals surface area contributed by atoms with Crippen molar-refractivity contribution in [3.05, 3.63) is 16.0 Å². The van der Waals surface area contributed by atoms with E-state index in [4.69, 9.17) is 14.7 Å². The van der Waals surface area contributed by atoms with Gasteiger partial charge in [-0.1, -0.05) is 12.8 Å². The van der Waals surface area contributed by atoms with Crippen LogP contribution in [0.3, 0.4) is 0 Å². The smallest absolute Gasteiger partial charge is 0.144 e. The SMILES string of the molecule is CCNc1nc(C2CCOCC2)nc(C2CCCC2)c1Br. The summed E-state index contributed by atoms with van der Waals surface area (Å²) in [5.74, 6) is 3.03. The van der Waals surface area contributed by atoms with Gasteiger partial charge in [-0.3, -0.25) is 0 Å². The molecule has 1 aliphatic carbocycles. The minimum Gasteiger partial charge on any atom is -0.381 e. The Bertz CT molecular complexity index is 483. The maximum Gasteiger partial charge on any atom is 0.144 e. The molecule has 1 aromatic rings. The Morgan fingerprint density at radius 1 is 1.10 bits per heavy atom.